The topological polar surface area (TPSA) is 72.7 Å². The smallest absolute Gasteiger partial charge is 0.251 e. The van der Waals surface area contributed by atoms with Crippen LogP contribution in [0.5, 0.6) is 0 Å². The van der Waals surface area contributed by atoms with Crippen molar-refractivity contribution in [3.8, 4) is 5.69 Å². The number of amides is 1. The molecule has 2 aromatic heterocycles. The van der Waals surface area contributed by atoms with E-state index in [-0.39, 0.29) is 5.91 Å². The maximum Gasteiger partial charge on any atom is 0.251 e. The lowest BCUT2D eigenvalue weighted by atomic mass is 10.1. The molecular weight excluding hydrogens is 338 g/mol. The maximum absolute atomic E-state index is 12.5. The van der Waals surface area contributed by atoms with E-state index in [1.807, 2.05) is 42.5 Å². The van der Waals surface area contributed by atoms with Crippen LogP contribution < -0.4 is 5.32 Å². The van der Waals surface area contributed by atoms with Gasteiger partial charge in [-0.3, -0.25) is 4.79 Å². The molecule has 4 aromatic rings. The van der Waals surface area contributed by atoms with Gasteiger partial charge < -0.3 is 5.32 Å². The van der Waals surface area contributed by atoms with Gasteiger partial charge in [0.15, 0.2) is 5.65 Å². The number of pyridine rings is 1. The Morgan fingerprint density at radius 2 is 1.89 bits per heavy atom. The molecule has 0 aliphatic heterocycles. The highest BCUT2D eigenvalue weighted by Crippen LogP contribution is 2.15. The van der Waals surface area contributed by atoms with Crippen LogP contribution >= 0.6 is 0 Å². The summed E-state index contributed by atoms with van der Waals surface area (Å²) in [5.41, 5.74) is 4.01. The Morgan fingerprint density at radius 1 is 1.00 bits per heavy atom. The summed E-state index contributed by atoms with van der Waals surface area (Å²) < 4.78 is 1.64. The molecule has 0 fully saturated rings. The standard InChI is InChI=1S/C21H19N5O/c27-21(23-14-5-9-16-7-2-1-3-8-16)17-10-4-11-18(15-17)26-20-19(24-25-26)12-6-13-22-20/h1-4,6-8,10-13,15H,5,9,14H2,(H,23,27). The number of carbonyl (C=O) groups excluding carboxylic acids is 1. The van der Waals surface area contributed by atoms with E-state index in [1.165, 1.54) is 5.56 Å². The van der Waals surface area contributed by atoms with E-state index in [0.29, 0.717) is 23.3 Å². The number of fused-ring (bicyclic) bond motifs is 1. The molecule has 0 spiro atoms. The van der Waals surface area contributed by atoms with Gasteiger partial charge >= 0.3 is 0 Å². The molecule has 0 bridgehead atoms. The third kappa shape index (κ3) is 3.84. The average Bonchev–Trinajstić information content (AvgIpc) is 3.16. The number of aromatic nitrogens is 4. The van der Waals surface area contributed by atoms with Crippen LogP contribution in [-0.2, 0) is 6.42 Å². The molecule has 2 aromatic carbocycles. The Kier molecular flexibility index (Phi) is 4.87. The van der Waals surface area contributed by atoms with E-state index >= 15 is 0 Å². The number of aryl methyl sites for hydroxylation is 1. The Balaban J connectivity index is 1.42. The van der Waals surface area contributed by atoms with Gasteiger partial charge in [-0.2, -0.15) is 4.68 Å². The largest absolute Gasteiger partial charge is 0.352 e. The number of benzene rings is 2. The average molecular weight is 357 g/mol. The predicted octanol–water partition coefficient (Wildman–Crippen LogP) is 3.18. The van der Waals surface area contributed by atoms with Gasteiger partial charge in [0.25, 0.3) is 5.91 Å². The van der Waals surface area contributed by atoms with Crippen molar-refractivity contribution in [3.05, 3.63) is 84.1 Å². The number of hydrogen-bond acceptors (Lipinski definition) is 4. The molecule has 0 radical (unpaired) electrons. The van der Waals surface area contributed by atoms with E-state index in [4.69, 9.17) is 0 Å². The third-order valence-corrected chi connectivity index (χ3v) is 4.33. The van der Waals surface area contributed by atoms with Crippen molar-refractivity contribution in [3.63, 3.8) is 0 Å². The van der Waals surface area contributed by atoms with Gasteiger partial charge in [0, 0.05) is 18.3 Å². The predicted molar refractivity (Wildman–Crippen MR) is 104 cm³/mol. The van der Waals surface area contributed by atoms with Gasteiger partial charge in [-0.05, 0) is 48.7 Å². The molecule has 1 amide bonds. The summed E-state index contributed by atoms with van der Waals surface area (Å²) in [7, 11) is 0. The molecule has 4 rings (SSSR count). The van der Waals surface area contributed by atoms with Gasteiger partial charge in [-0.15, -0.1) is 5.10 Å². The molecule has 0 aliphatic carbocycles. The second kappa shape index (κ2) is 7.78. The Bertz CT molecular complexity index is 1060. The molecule has 1 N–H and O–H groups in total. The molecule has 0 saturated heterocycles. The van der Waals surface area contributed by atoms with Crippen LogP contribution in [0.2, 0.25) is 0 Å². The van der Waals surface area contributed by atoms with Crippen LogP contribution in [0.3, 0.4) is 0 Å². The lowest BCUT2D eigenvalue weighted by Gasteiger charge is -2.07. The first-order valence-corrected chi connectivity index (χ1v) is 8.90. The third-order valence-electron chi connectivity index (χ3n) is 4.33. The van der Waals surface area contributed by atoms with Gasteiger partial charge in [-0.1, -0.05) is 41.6 Å². The first-order valence-electron chi connectivity index (χ1n) is 8.90. The highest BCUT2D eigenvalue weighted by molar-refractivity contribution is 5.94. The molecule has 0 saturated carbocycles. The van der Waals surface area contributed by atoms with Crippen molar-refractivity contribution < 1.29 is 4.79 Å². The van der Waals surface area contributed by atoms with Crippen molar-refractivity contribution in [1.29, 1.82) is 0 Å². The fourth-order valence-electron chi connectivity index (χ4n) is 2.96. The molecular formula is C21H19N5O. The molecule has 6 nitrogen and oxygen atoms in total. The minimum Gasteiger partial charge on any atom is -0.352 e. The molecule has 27 heavy (non-hydrogen) atoms. The van der Waals surface area contributed by atoms with Gasteiger partial charge in [0.2, 0.25) is 0 Å². The van der Waals surface area contributed by atoms with Crippen LogP contribution in [0, 0.1) is 0 Å². The summed E-state index contributed by atoms with van der Waals surface area (Å²) in [6, 6.07) is 21.3. The lowest BCUT2D eigenvalue weighted by molar-refractivity contribution is 0.0953. The van der Waals surface area contributed by atoms with Gasteiger partial charge in [0.05, 0.1) is 5.69 Å². The van der Waals surface area contributed by atoms with Crippen molar-refractivity contribution >= 4 is 17.1 Å². The molecule has 134 valence electrons. The second-order valence-corrected chi connectivity index (χ2v) is 6.24. The lowest BCUT2D eigenvalue weighted by Crippen LogP contribution is -2.24. The summed E-state index contributed by atoms with van der Waals surface area (Å²) in [6.45, 7) is 0.631. The number of carbonyl (C=O) groups is 1. The minimum absolute atomic E-state index is 0.0951. The number of rotatable bonds is 6. The van der Waals surface area contributed by atoms with Crippen molar-refractivity contribution in [2.45, 2.75) is 12.8 Å². The van der Waals surface area contributed by atoms with Gasteiger partial charge in [-0.25, -0.2) is 4.98 Å². The number of nitrogens with zero attached hydrogens (tertiary/aromatic N) is 4. The van der Waals surface area contributed by atoms with Crippen LogP contribution in [0.15, 0.2) is 72.9 Å². The fraction of sp³-hybridized carbons (Fsp3) is 0.143. The number of nitrogens with one attached hydrogen (secondary N) is 1. The van der Waals surface area contributed by atoms with E-state index in [2.05, 4.69) is 32.7 Å². The van der Waals surface area contributed by atoms with Crippen molar-refractivity contribution in [2.24, 2.45) is 0 Å². The fourth-order valence-corrected chi connectivity index (χ4v) is 2.96. The first kappa shape index (κ1) is 16.9. The monoisotopic (exact) mass is 357 g/mol. The van der Waals surface area contributed by atoms with E-state index in [1.54, 1.807) is 23.0 Å². The summed E-state index contributed by atoms with van der Waals surface area (Å²) >= 11 is 0. The highest BCUT2D eigenvalue weighted by Gasteiger charge is 2.10. The normalized spacial score (nSPS) is 10.8. The summed E-state index contributed by atoms with van der Waals surface area (Å²) in [5.74, 6) is -0.0951. The van der Waals surface area contributed by atoms with E-state index in [0.717, 1.165) is 18.5 Å². The van der Waals surface area contributed by atoms with E-state index in [9.17, 15) is 4.79 Å². The van der Waals surface area contributed by atoms with Crippen LogP contribution in [-0.4, -0.2) is 32.4 Å². The maximum atomic E-state index is 12.5. The van der Waals surface area contributed by atoms with E-state index < -0.39 is 0 Å². The molecule has 0 atom stereocenters. The Hall–Kier alpha value is -3.54. The Morgan fingerprint density at radius 3 is 2.78 bits per heavy atom. The highest BCUT2D eigenvalue weighted by atomic mass is 16.1. The molecule has 2 heterocycles. The zero-order valence-corrected chi connectivity index (χ0v) is 14.7. The van der Waals surface area contributed by atoms with Crippen molar-refractivity contribution in [2.75, 3.05) is 6.54 Å². The zero-order valence-electron chi connectivity index (χ0n) is 14.7. The molecule has 6 heteroatoms. The Labute approximate surface area is 156 Å². The quantitative estimate of drug-likeness (QED) is 0.538. The van der Waals surface area contributed by atoms with Crippen LogP contribution in [0.1, 0.15) is 22.3 Å². The van der Waals surface area contributed by atoms with Crippen molar-refractivity contribution in [1.82, 2.24) is 25.3 Å². The number of hydrogen-bond donors (Lipinski definition) is 1. The van der Waals surface area contributed by atoms with Crippen LogP contribution in [0.4, 0.5) is 0 Å². The zero-order chi connectivity index (χ0) is 18.5. The SMILES string of the molecule is O=C(NCCCc1ccccc1)c1cccc(-n2nnc3cccnc32)c1. The summed E-state index contributed by atoms with van der Waals surface area (Å²) in [4.78, 5) is 16.8. The molecule has 0 unspecified atom stereocenters. The van der Waals surface area contributed by atoms with Gasteiger partial charge in [0.1, 0.15) is 5.52 Å². The second-order valence-electron chi connectivity index (χ2n) is 6.24. The summed E-state index contributed by atoms with van der Waals surface area (Å²) in [6.07, 6.45) is 3.54. The summed E-state index contributed by atoms with van der Waals surface area (Å²) in [5, 5.41) is 11.2. The van der Waals surface area contributed by atoms with Crippen LogP contribution in [0.25, 0.3) is 16.9 Å². The molecule has 0 aliphatic rings. The first-order chi connectivity index (χ1) is 13.3. The minimum atomic E-state index is -0.0951.